The summed E-state index contributed by atoms with van der Waals surface area (Å²) < 4.78 is 5.99. The van der Waals surface area contributed by atoms with E-state index in [0.29, 0.717) is 23.7 Å². The number of benzene rings is 2. The average molecular weight is 484 g/mol. The quantitative estimate of drug-likeness (QED) is 0.540. The smallest absolute Gasteiger partial charge is 0.240 e. The van der Waals surface area contributed by atoms with E-state index >= 15 is 0 Å². The molecule has 1 fully saturated rings. The van der Waals surface area contributed by atoms with Crippen LogP contribution in [0.2, 0.25) is 5.02 Å². The summed E-state index contributed by atoms with van der Waals surface area (Å²) in [6.45, 7) is 1.21. The molecule has 0 radical (unpaired) electrons. The molecule has 0 spiro atoms. The van der Waals surface area contributed by atoms with Gasteiger partial charge in [0, 0.05) is 44.4 Å². The van der Waals surface area contributed by atoms with Gasteiger partial charge in [0.05, 0.1) is 12.0 Å². The lowest BCUT2D eigenvalue weighted by Gasteiger charge is -2.30. The van der Waals surface area contributed by atoms with E-state index in [2.05, 4.69) is 0 Å². The zero-order chi connectivity index (χ0) is 24.5. The van der Waals surface area contributed by atoms with Gasteiger partial charge < -0.3 is 14.5 Å². The Labute approximate surface area is 205 Å². The highest BCUT2D eigenvalue weighted by atomic mass is 35.5. The van der Waals surface area contributed by atoms with Gasteiger partial charge in [0.15, 0.2) is 0 Å². The molecular weight excluding hydrogens is 454 g/mol. The fourth-order valence-electron chi connectivity index (χ4n) is 4.78. The maximum atomic E-state index is 13.7. The van der Waals surface area contributed by atoms with Gasteiger partial charge in [0.25, 0.3) is 0 Å². The Kier molecular flexibility index (Phi) is 6.96. The number of halogens is 1. The number of fused-ring (bicyclic) bond motifs is 1. The average Bonchev–Trinajstić information content (AvgIpc) is 3.30. The summed E-state index contributed by atoms with van der Waals surface area (Å²) in [5.74, 6) is -0.0282. The molecule has 0 aliphatic carbocycles. The first-order chi connectivity index (χ1) is 16.2. The monoisotopic (exact) mass is 483 g/mol. The van der Waals surface area contributed by atoms with Crippen LogP contribution in [-0.2, 0) is 26.2 Å². The van der Waals surface area contributed by atoms with E-state index < -0.39 is 5.41 Å². The topological polar surface area (TPSA) is 70.2 Å². The van der Waals surface area contributed by atoms with Crippen LogP contribution in [0.25, 0.3) is 0 Å². The third-order valence-corrected chi connectivity index (χ3v) is 6.97. The molecule has 2 aliphatic heterocycles. The molecule has 2 heterocycles. The predicted molar refractivity (Wildman–Crippen MR) is 130 cm³/mol. The van der Waals surface area contributed by atoms with Crippen LogP contribution in [0.4, 0.5) is 0 Å². The minimum atomic E-state index is -1.31. The molecule has 0 bridgehead atoms. The standard InChI is InChI=1S/C26H30ClN3O4/c1-28(2)12-13-30-24(32)16-26(25(30)33,20-9-5-6-10-21(20)27)15-23(31)29(3)17-19-14-18-8-4-7-11-22(18)34-19/h4-11,19H,12-17H2,1-3H3/t19-,26-/m1/s1. The van der Waals surface area contributed by atoms with Crippen molar-refractivity contribution < 1.29 is 19.1 Å². The molecule has 2 atom stereocenters. The second-order valence-corrected chi connectivity index (χ2v) is 9.80. The number of likely N-dealkylation sites (tertiary alicyclic amines) is 1. The largest absolute Gasteiger partial charge is 0.488 e. The van der Waals surface area contributed by atoms with Crippen molar-refractivity contribution in [3.05, 3.63) is 64.7 Å². The van der Waals surface area contributed by atoms with E-state index in [1.807, 2.05) is 43.3 Å². The Bertz CT molecular complexity index is 1080. The maximum Gasteiger partial charge on any atom is 0.240 e. The number of nitrogens with zero attached hydrogens (tertiary/aromatic N) is 3. The van der Waals surface area contributed by atoms with Crippen LogP contribution < -0.4 is 4.74 Å². The Morgan fingerprint density at radius 1 is 1.12 bits per heavy atom. The van der Waals surface area contributed by atoms with Crippen molar-refractivity contribution >= 4 is 29.3 Å². The van der Waals surface area contributed by atoms with Crippen LogP contribution >= 0.6 is 11.6 Å². The lowest BCUT2D eigenvalue weighted by Crippen LogP contribution is -2.45. The Balaban J connectivity index is 1.55. The molecule has 0 N–H and O–H groups in total. The van der Waals surface area contributed by atoms with Crippen molar-refractivity contribution in [1.29, 1.82) is 0 Å². The van der Waals surface area contributed by atoms with Gasteiger partial charge in [-0.1, -0.05) is 48.0 Å². The number of hydrogen-bond acceptors (Lipinski definition) is 5. The molecule has 2 aromatic carbocycles. The highest BCUT2D eigenvalue weighted by Crippen LogP contribution is 2.43. The van der Waals surface area contributed by atoms with Crippen molar-refractivity contribution in [3.63, 3.8) is 0 Å². The maximum absolute atomic E-state index is 13.7. The van der Waals surface area contributed by atoms with Gasteiger partial charge in [-0.15, -0.1) is 0 Å². The number of carbonyl (C=O) groups excluding carboxylic acids is 3. The molecule has 8 heteroatoms. The Morgan fingerprint density at radius 3 is 2.53 bits per heavy atom. The number of rotatable bonds is 8. The molecule has 180 valence electrons. The van der Waals surface area contributed by atoms with E-state index in [0.717, 1.165) is 17.7 Å². The molecule has 2 aliphatic rings. The van der Waals surface area contributed by atoms with Crippen LogP contribution in [0.5, 0.6) is 5.75 Å². The molecule has 7 nitrogen and oxygen atoms in total. The van der Waals surface area contributed by atoms with Crippen molar-refractivity contribution in [2.45, 2.75) is 30.8 Å². The van der Waals surface area contributed by atoms with Crippen molar-refractivity contribution in [2.24, 2.45) is 0 Å². The third kappa shape index (κ3) is 4.68. The lowest BCUT2D eigenvalue weighted by atomic mass is 9.75. The summed E-state index contributed by atoms with van der Waals surface area (Å²) in [5.41, 5.74) is 0.328. The van der Waals surface area contributed by atoms with Crippen LogP contribution in [0, 0.1) is 0 Å². The molecular formula is C26H30ClN3O4. The zero-order valence-electron chi connectivity index (χ0n) is 19.8. The second kappa shape index (κ2) is 9.76. The highest BCUT2D eigenvalue weighted by molar-refractivity contribution is 6.32. The third-order valence-electron chi connectivity index (χ3n) is 6.64. The molecule has 0 aromatic heterocycles. The number of hydrogen-bond donors (Lipinski definition) is 0. The number of imide groups is 1. The van der Waals surface area contributed by atoms with Crippen LogP contribution in [0.3, 0.4) is 0 Å². The minimum Gasteiger partial charge on any atom is -0.488 e. The number of likely N-dealkylation sites (N-methyl/N-ethyl adjacent to an activating group) is 2. The predicted octanol–water partition coefficient (Wildman–Crippen LogP) is 2.75. The van der Waals surface area contributed by atoms with Gasteiger partial charge in [-0.05, 0) is 37.4 Å². The van der Waals surface area contributed by atoms with Gasteiger partial charge in [-0.25, -0.2) is 0 Å². The Hall–Kier alpha value is -2.90. The fraction of sp³-hybridized carbons (Fsp3) is 0.423. The molecule has 0 saturated carbocycles. The number of ether oxygens (including phenoxy) is 1. The molecule has 4 rings (SSSR count). The second-order valence-electron chi connectivity index (χ2n) is 9.40. The van der Waals surface area contributed by atoms with Gasteiger partial charge >= 0.3 is 0 Å². The van der Waals surface area contributed by atoms with E-state index in [9.17, 15) is 14.4 Å². The van der Waals surface area contributed by atoms with Gasteiger partial charge in [-0.3, -0.25) is 19.3 Å². The number of amides is 3. The SMILES string of the molecule is CN(C)CCN1C(=O)C[C@](CC(=O)N(C)C[C@H]2Cc3ccccc3O2)(c2ccccc2Cl)C1=O. The fourth-order valence-corrected chi connectivity index (χ4v) is 5.09. The van der Waals surface area contributed by atoms with Gasteiger partial charge in [-0.2, -0.15) is 0 Å². The number of carbonyl (C=O) groups is 3. The van der Waals surface area contributed by atoms with E-state index in [1.54, 1.807) is 36.2 Å². The van der Waals surface area contributed by atoms with Gasteiger partial charge in [0.1, 0.15) is 11.9 Å². The molecule has 1 saturated heterocycles. The van der Waals surface area contributed by atoms with Crippen LogP contribution in [0.15, 0.2) is 48.5 Å². The molecule has 0 unspecified atom stereocenters. The molecule has 3 amide bonds. The normalized spacial score (nSPS) is 21.7. The first-order valence-corrected chi connectivity index (χ1v) is 11.8. The van der Waals surface area contributed by atoms with Crippen molar-refractivity contribution in [1.82, 2.24) is 14.7 Å². The summed E-state index contributed by atoms with van der Waals surface area (Å²) in [7, 11) is 5.47. The first kappa shape index (κ1) is 24.2. The van der Waals surface area contributed by atoms with Crippen LogP contribution in [0.1, 0.15) is 24.0 Å². The first-order valence-electron chi connectivity index (χ1n) is 11.4. The highest BCUT2D eigenvalue weighted by Gasteiger charge is 2.54. The summed E-state index contributed by atoms with van der Waals surface area (Å²) >= 11 is 6.50. The van der Waals surface area contributed by atoms with Crippen molar-refractivity contribution in [3.8, 4) is 5.75 Å². The summed E-state index contributed by atoms with van der Waals surface area (Å²) in [6, 6.07) is 14.8. The molecule has 34 heavy (non-hydrogen) atoms. The van der Waals surface area contributed by atoms with E-state index in [-0.39, 0.29) is 43.2 Å². The molecule has 2 aromatic rings. The van der Waals surface area contributed by atoms with Crippen molar-refractivity contribution in [2.75, 3.05) is 40.8 Å². The zero-order valence-corrected chi connectivity index (χ0v) is 20.5. The van der Waals surface area contributed by atoms with Crippen LogP contribution in [-0.4, -0.2) is 79.3 Å². The number of para-hydroxylation sites is 1. The van der Waals surface area contributed by atoms with E-state index in [1.165, 1.54) is 4.90 Å². The van der Waals surface area contributed by atoms with Gasteiger partial charge in [0.2, 0.25) is 17.7 Å². The minimum absolute atomic E-state index is 0.0755. The summed E-state index contributed by atoms with van der Waals surface area (Å²) in [6.07, 6.45) is 0.364. The lowest BCUT2D eigenvalue weighted by molar-refractivity contribution is -0.142. The van der Waals surface area contributed by atoms with E-state index in [4.69, 9.17) is 16.3 Å². The summed E-state index contributed by atoms with van der Waals surface area (Å²) in [4.78, 5) is 44.8. The Morgan fingerprint density at radius 2 is 1.82 bits per heavy atom. The summed E-state index contributed by atoms with van der Waals surface area (Å²) in [5, 5.41) is 0.378.